The topological polar surface area (TPSA) is 102 Å². The number of amides is 2. The molecule has 214 valence electrons. The van der Waals surface area contributed by atoms with Crippen molar-refractivity contribution in [2.75, 3.05) is 32.8 Å². The number of aliphatic hydroxyl groups is 1. The number of rotatable bonds is 11. The predicted octanol–water partition coefficient (Wildman–Crippen LogP) is 3.88. The number of piperidine rings is 1. The number of hydrogen-bond donors (Lipinski definition) is 3. The molecular weight excluding hydrogens is 506 g/mol. The number of phenolic OH excluding ortho intramolecular Hbond substituents is 1. The summed E-state index contributed by atoms with van der Waals surface area (Å²) in [5.41, 5.74) is -0.798. The third kappa shape index (κ3) is 7.13. The van der Waals surface area contributed by atoms with E-state index in [1.54, 1.807) is 24.3 Å². The van der Waals surface area contributed by atoms with Gasteiger partial charge >= 0.3 is 0 Å². The molecule has 1 saturated carbocycles. The average molecular weight is 552 g/mol. The molecule has 9 heteroatoms. The summed E-state index contributed by atoms with van der Waals surface area (Å²) in [7, 11) is 0. The van der Waals surface area contributed by atoms with Crippen LogP contribution in [0.4, 0.5) is 0 Å². The summed E-state index contributed by atoms with van der Waals surface area (Å²) in [5, 5.41) is 23.5. The standard InChI is InChI=1S/C29H45N3O5.ClH/c1-2-3-18-32-27(35)25(26(34)22-9-5-4-6-10-22)30-28(36)29(32)15-19-31(20-16-29)17-7-8-21-37-24-13-11-23(33)12-14-24;/h11-14,22,25-26,33-34H,2-10,15-21H2,1H3,(H,30,36);1H/t25-,26-;/m1./s1. The van der Waals surface area contributed by atoms with E-state index in [0.717, 1.165) is 76.8 Å². The van der Waals surface area contributed by atoms with E-state index < -0.39 is 17.7 Å². The maximum Gasteiger partial charge on any atom is 0.248 e. The smallest absolute Gasteiger partial charge is 0.248 e. The van der Waals surface area contributed by atoms with Gasteiger partial charge in [0, 0.05) is 19.6 Å². The van der Waals surface area contributed by atoms with Gasteiger partial charge in [-0.2, -0.15) is 0 Å². The lowest BCUT2D eigenvalue weighted by molar-refractivity contribution is -0.165. The van der Waals surface area contributed by atoms with Crippen LogP contribution in [0.1, 0.15) is 77.6 Å². The van der Waals surface area contributed by atoms with Crippen LogP contribution in [-0.2, 0) is 9.59 Å². The second-order valence-corrected chi connectivity index (χ2v) is 11.1. The van der Waals surface area contributed by atoms with E-state index in [1.165, 1.54) is 6.42 Å². The van der Waals surface area contributed by atoms with Gasteiger partial charge < -0.3 is 30.1 Å². The molecule has 1 aliphatic carbocycles. The fourth-order valence-electron chi connectivity index (χ4n) is 6.27. The number of phenols is 1. The van der Waals surface area contributed by atoms with Crippen molar-refractivity contribution < 1.29 is 24.5 Å². The number of hydrogen-bond acceptors (Lipinski definition) is 6. The maximum absolute atomic E-state index is 13.7. The zero-order chi connectivity index (χ0) is 26.3. The van der Waals surface area contributed by atoms with Crippen LogP contribution in [-0.4, -0.2) is 82.3 Å². The summed E-state index contributed by atoms with van der Waals surface area (Å²) in [6.07, 6.45) is 9.38. The van der Waals surface area contributed by atoms with Crippen molar-refractivity contribution >= 4 is 24.2 Å². The van der Waals surface area contributed by atoms with Crippen LogP contribution in [0.2, 0.25) is 0 Å². The number of nitrogens with zero attached hydrogens (tertiary/aromatic N) is 2. The molecule has 3 N–H and O–H groups in total. The minimum absolute atomic E-state index is 0. The Bertz CT molecular complexity index is 885. The number of halogens is 1. The van der Waals surface area contributed by atoms with Crippen LogP contribution < -0.4 is 10.1 Å². The molecule has 4 rings (SSSR count). The van der Waals surface area contributed by atoms with E-state index in [9.17, 15) is 19.8 Å². The number of likely N-dealkylation sites (tertiary alicyclic amines) is 1. The molecule has 0 unspecified atom stereocenters. The van der Waals surface area contributed by atoms with Gasteiger partial charge in [-0.25, -0.2) is 0 Å². The van der Waals surface area contributed by atoms with E-state index in [-0.39, 0.29) is 35.9 Å². The van der Waals surface area contributed by atoms with E-state index in [1.807, 2.05) is 4.90 Å². The zero-order valence-electron chi connectivity index (χ0n) is 22.8. The summed E-state index contributed by atoms with van der Waals surface area (Å²) < 4.78 is 5.74. The lowest BCUT2D eigenvalue weighted by atomic mass is 9.78. The van der Waals surface area contributed by atoms with Crippen LogP contribution in [0, 0.1) is 5.92 Å². The van der Waals surface area contributed by atoms with Crippen molar-refractivity contribution in [2.45, 2.75) is 95.2 Å². The van der Waals surface area contributed by atoms with Crippen LogP contribution in [0.3, 0.4) is 0 Å². The molecule has 2 aliphatic heterocycles. The quantitative estimate of drug-likeness (QED) is 0.361. The Labute approximate surface area is 233 Å². The number of aliphatic hydroxyl groups excluding tert-OH is 1. The van der Waals surface area contributed by atoms with Gasteiger partial charge in [-0.1, -0.05) is 32.6 Å². The van der Waals surface area contributed by atoms with Gasteiger partial charge in [0.25, 0.3) is 0 Å². The summed E-state index contributed by atoms with van der Waals surface area (Å²) in [4.78, 5) is 31.5. The molecule has 3 fully saturated rings. The number of piperazine rings is 1. The van der Waals surface area contributed by atoms with E-state index in [0.29, 0.717) is 26.0 Å². The molecule has 0 aromatic heterocycles. The highest BCUT2D eigenvalue weighted by atomic mass is 35.5. The van der Waals surface area contributed by atoms with Crippen LogP contribution >= 0.6 is 12.4 Å². The largest absolute Gasteiger partial charge is 0.508 e. The second kappa shape index (κ2) is 14.4. The second-order valence-electron chi connectivity index (χ2n) is 11.1. The Balaban J connectivity index is 0.00000400. The average Bonchev–Trinajstić information content (AvgIpc) is 2.92. The third-order valence-corrected chi connectivity index (χ3v) is 8.62. The lowest BCUT2D eigenvalue weighted by Crippen LogP contribution is -2.75. The SMILES string of the molecule is CCCCN1C(=O)[C@@H]([C@H](O)C2CCCCC2)NC(=O)C12CCN(CCCCOc1ccc(O)cc1)CC2.Cl. The highest BCUT2D eigenvalue weighted by Crippen LogP contribution is 2.36. The Morgan fingerprint density at radius 3 is 2.37 bits per heavy atom. The highest BCUT2D eigenvalue weighted by Gasteiger charge is 2.55. The monoisotopic (exact) mass is 551 g/mol. The maximum atomic E-state index is 13.7. The number of ether oxygens (including phenoxy) is 1. The molecule has 2 atom stereocenters. The normalized spacial score (nSPS) is 23.1. The molecule has 1 aromatic carbocycles. The van der Waals surface area contributed by atoms with Crippen LogP contribution in [0.25, 0.3) is 0 Å². The Morgan fingerprint density at radius 1 is 1.03 bits per heavy atom. The van der Waals surface area contributed by atoms with Crippen molar-refractivity contribution in [2.24, 2.45) is 5.92 Å². The minimum atomic E-state index is -0.815. The summed E-state index contributed by atoms with van der Waals surface area (Å²) in [5.74, 6) is 0.901. The molecule has 38 heavy (non-hydrogen) atoms. The first-order valence-electron chi connectivity index (χ1n) is 14.4. The molecular formula is C29H46ClN3O5. The zero-order valence-corrected chi connectivity index (χ0v) is 23.6. The van der Waals surface area contributed by atoms with Gasteiger partial charge in [-0.15, -0.1) is 12.4 Å². The van der Waals surface area contributed by atoms with Crippen molar-refractivity contribution in [3.8, 4) is 11.5 Å². The van der Waals surface area contributed by atoms with E-state index in [4.69, 9.17) is 4.74 Å². The predicted molar refractivity (Wildman–Crippen MR) is 150 cm³/mol. The summed E-state index contributed by atoms with van der Waals surface area (Å²) >= 11 is 0. The van der Waals surface area contributed by atoms with Crippen LogP contribution in [0.5, 0.6) is 11.5 Å². The fraction of sp³-hybridized carbons (Fsp3) is 0.724. The van der Waals surface area contributed by atoms with Gasteiger partial charge in [-0.05, 0) is 81.7 Å². The van der Waals surface area contributed by atoms with E-state index in [2.05, 4.69) is 17.1 Å². The third-order valence-electron chi connectivity index (χ3n) is 8.62. The van der Waals surface area contributed by atoms with Gasteiger partial charge in [0.1, 0.15) is 23.1 Å². The first-order chi connectivity index (χ1) is 17.9. The van der Waals surface area contributed by atoms with Crippen LogP contribution in [0.15, 0.2) is 24.3 Å². The molecule has 8 nitrogen and oxygen atoms in total. The van der Waals surface area contributed by atoms with Crippen molar-refractivity contribution in [3.05, 3.63) is 24.3 Å². The molecule has 1 spiro atoms. The molecule has 2 amide bonds. The number of carbonyl (C=O) groups is 2. The molecule has 2 saturated heterocycles. The van der Waals surface area contributed by atoms with E-state index >= 15 is 0 Å². The Hall–Kier alpha value is -2.03. The molecule has 0 bridgehead atoms. The minimum Gasteiger partial charge on any atom is -0.508 e. The number of aromatic hydroxyl groups is 1. The van der Waals surface area contributed by atoms with Gasteiger partial charge in [0.15, 0.2) is 0 Å². The van der Waals surface area contributed by atoms with Gasteiger partial charge in [-0.3, -0.25) is 9.59 Å². The Morgan fingerprint density at radius 2 is 1.71 bits per heavy atom. The van der Waals surface area contributed by atoms with Gasteiger partial charge in [0.2, 0.25) is 11.8 Å². The number of benzene rings is 1. The fourth-order valence-corrected chi connectivity index (χ4v) is 6.27. The first-order valence-corrected chi connectivity index (χ1v) is 14.4. The number of unbranched alkanes of at least 4 members (excludes halogenated alkanes) is 2. The van der Waals surface area contributed by atoms with Crippen molar-refractivity contribution in [1.29, 1.82) is 0 Å². The van der Waals surface area contributed by atoms with Crippen molar-refractivity contribution in [3.63, 3.8) is 0 Å². The van der Waals surface area contributed by atoms with Crippen molar-refractivity contribution in [1.82, 2.24) is 15.1 Å². The summed E-state index contributed by atoms with van der Waals surface area (Å²) in [6.45, 7) is 5.78. The molecule has 3 aliphatic rings. The summed E-state index contributed by atoms with van der Waals surface area (Å²) in [6, 6.07) is 5.95. The number of nitrogens with one attached hydrogen (secondary N) is 1. The highest BCUT2D eigenvalue weighted by molar-refractivity contribution is 6.00. The first kappa shape index (κ1) is 30.5. The Kier molecular flexibility index (Phi) is 11.5. The molecule has 2 heterocycles. The molecule has 1 aromatic rings. The number of carbonyl (C=O) groups excluding carboxylic acids is 2. The lowest BCUT2D eigenvalue weighted by Gasteiger charge is -2.52. The molecule has 0 radical (unpaired) electrons. The van der Waals surface area contributed by atoms with Gasteiger partial charge in [0.05, 0.1) is 12.7 Å².